The molecule has 1 rings (SSSR count). The highest BCUT2D eigenvalue weighted by Gasteiger charge is 2.35. The van der Waals surface area contributed by atoms with E-state index in [4.69, 9.17) is 4.74 Å². The Labute approximate surface area is 60.6 Å². The predicted octanol–water partition coefficient (Wildman–Crippen LogP) is 1.00. The van der Waals surface area contributed by atoms with Crippen LogP contribution in [0.3, 0.4) is 0 Å². The van der Waals surface area contributed by atoms with E-state index in [2.05, 4.69) is 25.3 Å². The molecule has 3 heteroatoms. The fourth-order valence-corrected chi connectivity index (χ4v) is 1.30. The van der Waals surface area contributed by atoms with Gasteiger partial charge in [0.15, 0.2) is 0 Å². The maximum absolute atomic E-state index is 5.18. The molecule has 1 saturated heterocycles. The van der Waals surface area contributed by atoms with Gasteiger partial charge >= 0.3 is 0 Å². The molecular formula is C5H10OS2. The van der Waals surface area contributed by atoms with Crippen molar-refractivity contribution in [2.24, 2.45) is 0 Å². The van der Waals surface area contributed by atoms with Gasteiger partial charge in [-0.25, -0.2) is 0 Å². The second kappa shape index (κ2) is 2.99. The van der Waals surface area contributed by atoms with Crippen molar-refractivity contribution in [1.82, 2.24) is 0 Å². The Morgan fingerprint density at radius 2 is 2.00 bits per heavy atom. The maximum atomic E-state index is 5.18. The van der Waals surface area contributed by atoms with Gasteiger partial charge in [0, 0.05) is 5.75 Å². The van der Waals surface area contributed by atoms with Crippen LogP contribution in [0, 0.1) is 0 Å². The Bertz CT molecular complexity index is 76.8. The van der Waals surface area contributed by atoms with E-state index in [-0.39, 0.29) is 0 Å². The molecule has 0 aromatic carbocycles. The van der Waals surface area contributed by atoms with Gasteiger partial charge in [0.1, 0.15) is 0 Å². The quantitative estimate of drug-likeness (QED) is 0.452. The Morgan fingerprint density at radius 3 is 2.38 bits per heavy atom. The van der Waals surface area contributed by atoms with Gasteiger partial charge in [-0.15, -0.1) is 0 Å². The SMILES string of the molecule is SCCC1OC1CS. The Balaban J connectivity index is 1.99. The van der Waals surface area contributed by atoms with Crippen LogP contribution < -0.4 is 0 Å². The molecule has 0 radical (unpaired) electrons. The summed E-state index contributed by atoms with van der Waals surface area (Å²) in [5, 5.41) is 0. The molecule has 0 spiro atoms. The summed E-state index contributed by atoms with van der Waals surface area (Å²) in [6, 6.07) is 0. The van der Waals surface area contributed by atoms with Crippen LogP contribution >= 0.6 is 25.3 Å². The van der Waals surface area contributed by atoms with Crippen molar-refractivity contribution in [2.75, 3.05) is 11.5 Å². The van der Waals surface area contributed by atoms with E-state index in [0.717, 1.165) is 17.9 Å². The van der Waals surface area contributed by atoms with Gasteiger partial charge in [0.2, 0.25) is 0 Å². The van der Waals surface area contributed by atoms with Crippen LogP contribution in [0.5, 0.6) is 0 Å². The molecule has 0 N–H and O–H groups in total. The molecule has 0 amide bonds. The van der Waals surface area contributed by atoms with Gasteiger partial charge in [0.25, 0.3) is 0 Å². The fraction of sp³-hybridized carbons (Fsp3) is 1.00. The zero-order chi connectivity index (χ0) is 5.98. The van der Waals surface area contributed by atoms with Crippen LogP contribution in [-0.2, 0) is 4.74 Å². The Kier molecular flexibility index (Phi) is 2.53. The van der Waals surface area contributed by atoms with E-state index in [1.807, 2.05) is 0 Å². The Morgan fingerprint density at radius 1 is 1.25 bits per heavy atom. The predicted molar refractivity (Wildman–Crippen MR) is 41.0 cm³/mol. The van der Waals surface area contributed by atoms with Gasteiger partial charge in [0.05, 0.1) is 12.2 Å². The van der Waals surface area contributed by atoms with Crippen LogP contribution in [-0.4, -0.2) is 23.7 Å². The largest absolute Gasteiger partial charge is 0.369 e. The zero-order valence-corrected chi connectivity index (χ0v) is 6.37. The molecule has 2 atom stereocenters. The molecular weight excluding hydrogens is 140 g/mol. The van der Waals surface area contributed by atoms with E-state index in [1.54, 1.807) is 0 Å². The standard InChI is InChI=1S/C5H10OS2/c7-2-1-4-5(3-8)6-4/h4-5,7-8H,1-3H2. The second-order valence-electron chi connectivity index (χ2n) is 1.91. The van der Waals surface area contributed by atoms with Gasteiger partial charge in [-0.05, 0) is 12.2 Å². The molecule has 0 aliphatic carbocycles. The monoisotopic (exact) mass is 150 g/mol. The summed E-state index contributed by atoms with van der Waals surface area (Å²) in [5.74, 6) is 1.79. The number of hydrogen-bond donors (Lipinski definition) is 2. The van der Waals surface area contributed by atoms with Crippen LogP contribution in [0.1, 0.15) is 6.42 Å². The molecule has 1 aliphatic rings. The van der Waals surface area contributed by atoms with Crippen molar-refractivity contribution >= 4 is 25.3 Å². The summed E-state index contributed by atoms with van der Waals surface area (Å²) in [6.45, 7) is 0. The van der Waals surface area contributed by atoms with E-state index >= 15 is 0 Å². The summed E-state index contributed by atoms with van der Waals surface area (Å²) in [5.41, 5.74) is 0. The minimum absolute atomic E-state index is 0.436. The molecule has 1 fully saturated rings. The molecule has 0 bridgehead atoms. The topological polar surface area (TPSA) is 12.5 Å². The van der Waals surface area contributed by atoms with Crippen molar-refractivity contribution in [3.05, 3.63) is 0 Å². The van der Waals surface area contributed by atoms with Crippen LogP contribution in [0.2, 0.25) is 0 Å². The van der Waals surface area contributed by atoms with Crippen molar-refractivity contribution in [1.29, 1.82) is 0 Å². The minimum atomic E-state index is 0.436. The highest BCUT2D eigenvalue weighted by molar-refractivity contribution is 7.80. The van der Waals surface area contributed by atoms with Crippen molar-refractivity contribution in [2.45, 2.75) is 18.6 Å². The number of ether oxygens (including phenoxy) is 1. The average Bonchev–Trinajstić information content (AvgIpc) is 2.48. The first-order valence-electron chi connectivity index (χ1n) is 2.75. The lowest BCUT2D eigenvalue weighted by Gasteiger charge is -1.83. The van der Waals surface area contributed by atoms with E-state index < -0.39 is 0 Å². The van der Waals surface area contributed by atoms with E-state index in [0.29, 0.717) is 12.2 Å². The van der Waals surface area contributed by atoms with Gasteiger partial charge in [-0.2, -0.15) is 25.3 Å². The summed E-state index contributed by atoms with van der Waals surface area (Å²) in [6.07, 6.45) is 1.99. The number of hydrogen-bond acceptors (Lipinski definition) is 3. The van der Waals surface area contributed by atoms with Crippen LogP contribution in [0.15, 0.2) is 0 Å². The van der Waals surface area contributed by atoms with E-state index in [1.165, 1.54) is 0 Å². The molecule has 8 heavy (non-hydrogen) atoms. The molecule has 1 aliphatic heterocycles. The first-order chi connectivity index (χ1) is 3.88. The van der Waals surface area contributed by atoms with Gasteiger partial charge < -0.3 is 4.74 Å². The first-order valence-corrected chi connectivity index (χ1v) is 4.02. The smallest absolute Gasteiger partial charge is 0.0929 e. The molecule has 48 valence electrons. The lowest BCUT2D eigenvalue weighted by atomic mass is 10.3. The lowest BCUT2D eigenvalue weighted by Crippen LogP contribution is -1.94. The first kappa shape index (κ1) is 6.78. The zero-order valence-electron chi connectivity index (χ0n) is 4.58. The Hall–Kier alpha value is 0.660. The van der Waals surface area contributed by atoms with Crippen molar-refractivity contribution in [3.63, 3.8) is 0 Å². The number of epoxide rings is 1. The van der Waals surface area contributed by atoms with Gasteiger partial charge in [-0.1, -0.05) is 0 Å². The third-order valence-electron chi connectivity index (χ3n) is 1.28. The number of rotatable bonds is 3. The normalized spacial score (nSPS) is 35.2. The second-order valence-corrected chi connectivity index (χ2v) is 2.72. The van der Waals surface area contributed by atoms with Crippen LogP contribution in [0.25, 0.3) is 0 Å². The lowest BCUT2D eigenvalue weighted by molar-refractivity contribution is 0.378. The molecule has 0 aromatic rings. The highest BCUT2D eigenvalue weighted by atomic mass is 32.1. The number of thiol groups is 2. The molecule has 1 heterocycles. The molecule has 2 unspecified atom stereocenters. The highest BCUT2D eigenvalue weighted by Crippen LogP contribution is 2.25. The average molecular weight is 150 g/mol. The third kappa shape index (κ3) is 1.57. The van der Waals surface area contributed by atoms with Crippen molar-refractivity contribution < 1.29 is 4.74 Å². The van der Waals surface area contributed by atoms with Gasteiger partial charge in [-0.3, -0.25) is 0 Å². The van der Waals surface area contributed by atoms with E-state index in [9.17, 15) is 0 Å². The van der Waals surface area contributed by atoms with Crippen LogP contribution in [0.4, 0.5) is 0 Å². The summed E-state index contributed by atoms with van der Waals surface area (Å²) < 4.78 is 5.18. The minimum Gasteiger partial charge on any atom is -0.369 e. The molecule has 0 aromatic heterocycles. The third-order valence-corrected chi connectivity index (χ3v) is 1.90. The molecule has 1 nitrogen and oxygen atoms in total. The fourth-order valence-electron chi connectivity index (χ4n) is 0.721. The summed E-state index contributed by atoms with van der Waals surface area (Å²) in [7, 11) is 0. The maximum Gasteiger partial charge on any atom is 0.0929 e. The summed E-state index contributed by atoms with van der Waals surface area (Å²) in [4.78, 5) is 0. The van der Waals surface area contributed by atoms with Crippen molar-refractivity contribution in [3.8, 4) is 0 Å². The molecule has 0 saturated carbocycles. The summed E-state index contributed by atoms with van der Waals surface area (Å²) >= 11 is 8.15.